The van der Waals surface area contributed by atoms with Crippen molar-refractivity contribution < 1.29 is 9.90 Å². The number of amides is 1. The number of piperidine rings is 1. The van der Waals surface area contributed by atoms with Crippen LogP contribution < -0.4 is 16.4 Å². The van der Waals surface area contributed by atoms with Crippen LogP contribution in [-0.4, -0.2) is 57.1 Å². The molecule has 2 unspecified atom stereocenters. The van der Waals surface area contributed by atoms with E-state index in [9.17, 15) is 9.90 Å². The Labute approximate surface area is 212 Å². The van der Waals surface area contributed by atoms with Crippen molar-refractivity contribution in [3.63, 3.8) is 0 Å². The molecule has 9 nitrogen and oxygen atoms in total. The number of β-amino-alcohol motifs (C(OH)–C–C–N with tert-alkyl or cyclic N) is 1. The number of likely N-dealkylation sites (tertiary alicyclic amines) is 1. The number of aromatic nitrogens is 2. The molecule has 1 aliphatic heterocycles. The Kier molecular flexibility index (Phi) is 7.59. The van der Waals surface area contributed by atoms with Crippen molar-refractivity contribution in [2.24, 2.45) is 17.8 Å². The maximum Gasteiger partial charge on any atom is 0.269 e. The Morgan fingerprint density at radius 3 is 2.56 bits per heavy atom. The highest BCUT2D eigenvalue weighted by Gasteiger charge is 2.28. The van der Waals surface area contributed by atoms with E-state index in [0.29, 0.717) is 30.9 Å². The lowest BCUT2D eigenvalue weighted by molar-refractivity contribution is -0.114. The number of nitrogens with zero attached hydrogens (tertiary/aromatic N) is 4. The van der Waals surface area contributed by atoms with Gasteiger partial charge < -0.3 is 26.4 Å². The number of hydrogen-bond donors (Lipinski definition) is 4. The number of aliphatic imine (C=N–C) groups is 1. The predicted octanol–water partition coefficient (Wildman–Crippen LogP) is 2.71. The van der Waals surface area contributed by atoms with E-state index in [1.54, 1.807) is 31.0 Å². The van der Waals surface area contributed by atoms with E-state index >= 15 is 0 Å². The smallest absolute Gasteiger partial charge is 0.269 e. The molecular weight excluding hydrogens is 454 g/mol. The van der Waals surface area contributed by atoms with Crippen molar-refractivity contribution in [2.75, 3.05) is 18.4 Å². The summed E-state index contributed by atoms with van der Waals surface area (Å²) in [5.41, 5.74) is 10.7. The molecule has 190 valence electrons. The SMILES string of the molecule is C=C(NC1CCN(C(=C)C=N/C(C(N)=O)=C(\C)Nc2cnn(C)c2)CC1O)c1ccc(C2CC2)cc1. The fourth-order valence-corrected chi connectivity index (χ4v) is 4.37. The van der Waals surface area contributed by atoms with Crippen molar-refractivity contribution in [3.8, 4) is 0 Å². The maximum atomic E-state index is 12.0. The van der Waals surface area contributed by atoms with Crippen molar-refractivity contribution in [1.29, 1.82) is 0 Å². The van der Waals surface area contributed by atoms with Gasteiger partial charge in [0.1, 0.15) is 5.70 Å². The quantitative estimate of drug-likeness (QED) is 0.301. The lowest BCUT2D eigenvalue weighted by Gasteiger charge is -2.38. The molecule has 2 heterocycles. The average Bonchev–Trinajstić information content (AvgIpc) is 3.62. The molecular formula is C27H35N7O2. The summed E-state index contributed by atoms with van der Waals surface area (Å²) in [6.45, 7) is 11.0. The van der Waals surface area contributed by atoms with Gasteiger partial charge in [0.25, 0.3) is 5.91 Å². The topological polar surface area (TPSA) is 121 Å². The van der Waals surface area contributed by atoms with Crippen LogP contribution in [-0.2, 0) is 11.8 Å². The van der Waals surface area contributed by atoms with Gasteiger partial charge in [-0.1, -0.05) is 37.4 Å². The van der Waals surface area contributed by atoms with Crippen molar-refractivity contribution in [3.05, 3.63) is 78.0 Å². The molecule has 0 bridgehead atoms. The Bertz CT molecular complexity index is 1190. The van der Waals surface area contributed by atoms with Crippen molar-refractivity contribution >= 4 is 23.5 Å². The lowest BCUT2D eigenvalue weighted by atomic mass is 10.00. The zero-order valence-corrected chi connectivity index (χ0v) is 20.9. The van der Waals surface area contributed by atoms with E-state index in [1.807, 2.05) is 4.90 Å². The van der Waals surface area contributed by atoms with Crippen LogP contribution in [0.4, 0.5) is 5.69 Å². The molecule has 9 heteroatoms. The van der Waals surface area contributed by atoms with Crippen molar-refractivity contribution in [1.82, 2.24) is 20.0 Å². The predicted molar refractivity (Wildman–Crippen MR) is 143 cm³/mol. The summed E-state index contributed by atoms with van der Waals surface area (Å²) in [7, 11) is 1.80. The third-order valence-electron chi connectivity index (χ3n) is 6.62. The number of aliphatic hydroxyl groups excluding tert-OH is 1. The largest absolute Gasteiger partial charge is 0.389 e. The van der Waals surface area contributed by atoms with Gasteiger partial charge in [0.2, 0.25) is 0 Å². The number of aliphatic hydroxyl groups is 1. The van der Waals surface area contributed by atoms with E-state index in [2.05, 4.69) is 58.1 Å². The van der Waals surface area contributed by atoms with Gasteiger partial charge in [0.05, 0.1) is 30.2 Å². The minimum absolute atomic E-state index is 0.0982. The first-order valence-corrected chi connectivity index (χ1v) is 12.2. The normalized spacial score (nSPS) is 20.7. The Hall–Kier alpha value is -3.85. The number of primary amides is 1. The molecule has 1 saturated carbocycles. The van der Waals surface area contributed by atoms with Gasteiger partial charge in [-0.25, -0.2) is 4.99 Å². The molecule has 1 amide bonds. The van der Waals surface area contributed by atoms with Crippen molar-refractivity contribution in [2.45, 2.75) is 44.2 Å². The zero-order valence-electron chi connectivity index (χ0n) is 20.9. The third-order valence-corrected chi connectivity index (χ3v) is 6.62. The molecule has 0 spiro atoms. The maximum absolute atomic E-state index is 12.0. The Balaban J connectivity index is 1.32. The van der Waals surface area contributed by atoms with E-state index < -0.39 is 12.0 Å². The second-order valence-corrected chi connectivity index (χ2v) is 9.54. The van der Waals surface area contributed by atoms with Crippen LogP contribution in [0.5, 0.6) is 0 Å². The molecule has 36 heavy (non-hydrogen) atoms. The van der Waals surface area contributed by atoms with Gasteiger partial charge in [-0.05, 0) is 43.2 Å². The summed E-state index contributed by atoms with van der Waals surface area (Å²) in [6, 6.07) is 8.42. The zero-order chi connectivity index (χ0) is 25.8. The number of nitrogens with one attached hydrogen (secondary N) is 2. The molecule has 1 saturated heterocycles. The van der Waals surface area contributed by atoms with Crippen LogP contribution in [0, 0.1) is 0 Å². The molecule has 0 radical (unpaired) electrons. The molecule has 5 N–H and O–H groups in total. The molecule has 1 aliphatic carbocycles. The Morgan fingerprint density at radius 1 is 1.25 bits per heavy atom. The van der Waals surface area contributed by atoms with Crippen LogP contribution >= 0.6 is 0 Å². The van der Waals surface area contributed by atoms with Gasteiger partial charge in [0.15, 0.2) is 0 Å². The van der Waals surface area contributed by atoms with E-state index in [4.69, 9.17) is 5.73 Å². The number of aryl methyl sites for hydroxylation is 1. The van der Waals surface area contributed by atoms with Crippen LogP contribution in [0.1, 0.15) is 43.2 Å². The molecule has 2 aromatic rings. The highest BCUT2D eigenvalue weighted by atomic mass is 16.3. The highest BCUT2D eigenvalue weighted by Crippen LogP contribution is 2.40. The van der Waals surface area contributed by atoms with Gasteiger partial charge in [0, 0.05) is 43.4 Å². The molecule has 2 atom stereocenters. The summed E-state index contributed by atoms with van der Waals surface area (Å²) in [5.74, 6) is 0.0681. The standard InChI is InChI=1S/C27H35N7O2/c1-17(13-29-26(27(28)36)19(3)31-23-14-30-33(4)15-23)34-12-11-24(25(35)16-34)32-18(2)20-5-7-21(8-6-20)22-9-10-22/h5-8,13-15,22,24-25,31-32,35H,1-2,9-12,16H2,3-4H3,(H2,28,36)/b26-19+,29-13?. The number of benzene rings is 1. The number of carbonyl (C=O) groups is 1. The Morgan fingerprint density at radius 2 is 1.97 bits per heavy atom. The van der Waals surface area contributed by atoms with E-state index in [-0.39, 0.29) is 11.7 Å². The van der Waals surface area contributed by atoms with Crippen LogP contribution in [0.15, 0.2) is 71.9 Å². The second kappa shape index (κ2) is 10.8. The minimum Gasteiger partial charge on any atom is -0.389 e. The number of hydrogen-bond acceptors (Lipinski definition) is 7. The number of rotatable bonds is 10. The number of allylic oxidation sites excluding steroid dienone is 2. The average molecular weight is 490 g/mol. The van der Waals surface area contributed by atoms with Crippen LogP contribution in [0.25, 0.3) is 5.70 Å². The number of anilines is 1. The van der Waals surface area contributed by atoms with E-state index in [1.165, 1.54) is 24.6 Å². The number of nitrogens with two attached hydrogens (primary N) is 1. The summed E-state index contributed by atoms with van der Waals surface area (Å²) in [4.78, 5) is 18.2. The first-order chi connectivity index (χ1) is 17.2. The fraction of sp³-hybridized carbons (Fsp3) is 0.370. The van der Waals surface area contributed by atoms with Crippen LogP contribution in [0.2, 0.25) is 0 Å². The molecule has 1 aromatic carbocycles. The highest BCUT2D eigenvalue weighted by molar-refractivity contribution is 5.95. The third kappa shape index (κ3) is 6.23. The summed E-state index contributed by atoms with van der Waals surface area (Å²) >= 11 is 0. The van der Waals surface area contributed by atoms with Gasteiger partial charge >= 0.3 is 0 Å². The van der Waals surface area contributed by atoms with Crippen LogP contribution in [0.3, 0.4) is 0 Å². The molecule has 4 rings (SSSR count). The monoisotopic (exact) mass is 489 g/mol. The summed E-state index contributed by atoms with van der Waals surface area (Å²) in [6.07, 6.45) is 7.57. The lowest BCUT2D eigenvalue weighted by Crippen LogP contribution is -2.51. The second-order valence-electron chi connectivity index (χ2n) is 9.54. The fourth-order valence-electron chi connectivity index (χ4n) is 4.37. The number of carbonyl (C=O) groups excluding carboxylic acids is 1. The summed E-state index contributed by atoms with van der Waals surface area (Å²) in [5, 5.41) is 21.4. The molecule has 1 aromatic heterocycles. The van der Waals surface area contributed by atoms with E-state index in [0.717, 1.165) is 22.9 Å². The van der Waals surface area contributed by atoms with Gasteiger partial charge in [-0.15, -0.1) is 0 Å². The first-order valence-electron chi connectivity index (χ1n) is 12.2. The van der Waals surface area contributed by atoms with Gasteiger partial charge in [-0.2, -0.15) is 5.10 Å². The summed E-state index contributed by atoms with van der Waals surface area (Å²) < 4.78 is 1.65. The molecule has 2 aliphatic rings. The minimum atomic E-state index is -0.653. The first kappa shape index (κ1) is 25.2. The van der Waals surface area contributed by atoms with Gasteiger partial charge in [-0.3, -0.25) is 9.48 Å². The molecule has 2 fully saturated rings.